The van der Waals surface area contributed by atoms with E-state index in [2.05, 4.69) is 16.0 Å². The highest BCUT2D eigenvalue weighted by Gasteiger charge is 2.57. The molecule has 6 saturated heterocycles. The summed E-state index contributed by atoms with van der Waals surface area (Å²) < 4.78 is 69.5. The first-order valence-corrected chi connectivity index (χ1v) is 27.2. The molecule has 0 spiro atoms. The number of rotatable bonds is 24. The first kappa shape index (κ1) is 71.2. The summed E-state index contributed by atoms with van der Waals surface area (Å²) in [4.78, 5) is 37.9. The van der Waals surface area contributed by atoms with Gasteiger partial charge in [-0.05, 0) is 13.8 Å². The summed E-state index contributed by atoms with van der Waals surface area (Å²) in [6.45, 7) is -0.596. The molecule has 22 N–H and O–H groups in total. The molecule has 3 amide bonds. The maximum Gasteiger partial charge on any atom is 0.217 e. The summed E-state index contributed by atoms with van der Waals surface area (Å²) in [5.41, 5.74) is 0. The molecule has 0 aliphatic carbocycles. The van der Waals surface area contributed by atoms with Crippen molar-refractivity contribution in [2.75, 3.05) is 39.6 Å². The van der Waals surface area contributed by atoms with Crippen LogP contribution in [0.2, 0.25) is 0 Å². The van der Waals surface area contributed by atoms with Crippen LogP contribution in [0.4, 0.5) is 0 Å². The number of carbonyl (C=O) groups is 3. The Hall–Kier alpha value is -2.83. The van der Waals surface area contributed by atoms with E-state index in [4.69, 9.17) is 56.8 Å². The number of aliphatic hydroxyl groups is 19. The maximum absolute atomic E-state index is 12.8. The average molecular weight is 1250 g/mol. The zero-order valence-electron chi connectivity index (χ0n) is 46.5. The molecular weight excluding hydrogens is 1160 g/mol. The summed E-state index contributed by atoms with van der Waals surface area (Å²) >= 11 is 0. The predicted octanol–water partition coefficient (Wildman–Crippen LogP) is -14.2. The molecular formula is C48H83N3O34. The average Bonchev–Trinajstić information content (AvgIpc) is 2.43. The molecule has 0 saturated carbocycles. The molecule has 34 atom stereocenters. The van der Waals surface area contributed by atoms with Crippen molar-refractivity contribution in [3.8, 4) is 0 Å². The van der Waals surface area contributed by atoms with Gasteiger partial charge in [0.05, 0.1) is 57.9 Å². The quantitative estimate of drug-likeness (QED) is 0.0427. The molecule has 37 nitrogen and oxygen atoms in total. The summed E-state index contributed by atoms with van der Waals surface area (Å²) in [5.74, 6) is -2.59. The third kappa shape index (κ3) is 16.4. The van der Waals surface area contributed by atoms with Crippen LogP contribution in [0, 0.1) is 0 Å². The molecule has 85 heavy (non-hydrogen) atoms. The molecule has 0 aromatic carbocycles. The largest absolute Gasteiger partial charge is 0.394 e. The Morgan fingerprint density at radius 3 is 1.18 bits per heavy atom. The highest BCUT2D eigenvalue weighted by molar-refractivity contribution is 5.74. The molecule has 6 heterocycles. The zero-order chi connectivity index (χ0) is 63.2. The second kappa shape index (κ2) is 31.3. The Morgan fingerprint density at radius 2 is 0.800 bits per heavy atom. The van der Waals surface area contributed by atoms with Crippen molar-refractivity contribution in [3.63, 3.8) is 0 Å². The van der Waals surface area contributed by atoms with Gasteiger partial charge in [-0.15, -0.1) is 0 Å². The fourth-order valence-electron chi connectivity index (χ4n) is 10.6. The molecule has 0 radical (unpaired) electrons. The van der Waals surface area contributed by atoms with Gasteiger partial charge in [-0.3, -0.25) is 14.4 Å². The lowest BCUT2D eigenvalue weighted by atomic mass is 9.94. The minimum Gasteiger partial charge on any atom is -0.394 e. The number of hydrogen-bond acceptors (Lipinski definition) is 34. The molecule has 6 rings (SSSR count). The van der Waals surface area contributed by atoms with E-state index in [1.54, 1.807) is 0 Å². The van der Waals surface area contributed by atoms with E-state index in [0.717, 1.165) is 20.8 Å². The van der Waals surface area contributed by atoms with Crippen LogP contribution in [0.1, 0.15) is 34.6 Å². The van der Waals surface area contributed by atoms with Crippen LogP contribution in [-0.2, 0) is 71.2 Å². The normalized spacial score (nSPS) is 45.9. The highest BCUT2D eigenvalue weighted by Crippen LogP contribution is 2.36. The van der Waals surface area contributed by atoms with Gasteiger partial charge in [-0.2, -0.15) is 0 Å². The second-order valence-electron chi connectivity index (χ2n) is 21.5. The van der Waals surface area contributed by atoms with E-state index >= 15 is 0 Å². The molecule has 0 unspecified atom stereocenters. The van der Waals surface area contributed by atoms with Crippen LogP contribution in [0.15, 0.2) is 0 Å². The Morgan fingerprint density at radius 1 is 0.424 bits per heavy atom. The van der Waals surface area contributed by atoms with E-state index in [0.29, 0.717) is 0 Å². The van der Waals surface area contributed by atoms with Crippen LogP contribution in [0.3, 0.4) is 0 Å². The highest BCUT2D eigenvalue weighted by atomic mass is 16.8. The van der Waals surface area contributed by atoms with E-state index < -0.39 is 266 Å². The van der Waals surface area contributed by atoms with Gasteiger partial charge >= 0.3 is 0 Å². The molecule has 0 aromatic heterocycles. The standard InChI is InChI=1S/C48H83N3O34/c1-12-25(61)32(68)36(72)45(75-12)84-41-34(70)28(64)19(7-53)77-47(41)82-39-21(9-55)79-43(23(30(39)66)50-15(4)58)74-11-18(60)27(63)38(17(6-52)49-14(3)57)81-44-24(51-16(5)59)31(67)40(22(10-56)80-44)83-48-42(35(71)29(65)20(8-54)78-48)85-46-37(73)33(69)26(62)13(2)76-46/h12-13,17-48,52-56,60-73H,6-11H2,1-5H3,(H,49,57)(H,50,58)(H,51,59)/t12-,13-,17-,18+,19+,20+,21+,22+,23+,24+,25+,26+,27-,28-,29-,30+,31+,32+,33+,34-,35-,36-,37-,38+,39+,40+,41+,42+,43+,44-,45-,46-,47-,48-/m0/s1. The fourth-order valence-corrected chi connectivity index (χ4v) is 10.6. The molecule has 0 bridgehead atoms. The van der Waals surface area contributed by atoms with Gasteiger partial charge in [0.15, 0.2) is 37.7 Å². The first-order chi connectivity index (χ1) is 40.0. The van der Waals surface area contributed by atoms with E-state index in [1.807, 2.05) is 0 Å². The van der Waals surface area contributed by atoms with Crippen LogP contribution >= 0.6 is 0 Å². The monoisotopic (exact) mass is 1250 g/mol. The van der Waals surface area contributed by atoms with Crippen molar-refractivity contribution in [1.82, 2.24) is 16.0 Å². The van der Waals surface area contributed by atoms with Crippen LogP contribution in [-0.4, -0.2) is 363 Å². The van der Waals surface area contributed by atoms with Crippen LogP contribution in [0.25, 0.3) is 0 Å². The SMILES string of the molecule is CC(=O)N[C@H]1[C@H](OC[C@@H](O)[C@H](O)[C@H](O[C@@H]2O[C@H](CO)[C@@H](O[C@@H]3O[C@H](CO)[C@H](O)[C@H](O)[C@H]3O[C@@H]3O[C@@H](C)[C@@H](O)[C@@H](O)[C@@H]3O)[C@H](O)[C@H]2NC(C)=O)[C@H](CO)NC(C)=O)O[C@H](CO)[C@@H](O[C@@H]2O[C@H](CO)[C@H](O)[C@H](O)[C@H]2O[C@@H]2O[C@@H](C)[C@@H](O)[C@@H](O)[C@@H]2O)[C@@H]1O. The predicted molar refractivity (Wildman–Crippen MR) is 266 cm³/mol. The second-order valence-corrected chi connectivity index (χ2v) is 21.5. The van der Waals surface area contributed by atoms with Crippen LogP contribution < -0.4 is 16.0 Å². The van der Waals surface area contributed by atoms with Crippen molar-refractivity contribution in [3.05, 3.63) is 0 Å². The van der Waals surface area contributed by atoms with Gasteiger partial charge in [0.25, 0.3) is 0 Å². The number of nitrogens with one attached hydrogen (secondary N) is 3. The Bertz CT molecular complexity index is 2100. The smallest absolute Gasteiger partial charge is 0.217 e. The lowest BCUT2D eigenvalue weighted by molar-refractivity contribution is -0.384. The number of aliphatic hydroxyl groups excluding tert-OH is 19. The van der Waals surface area contributed by atoms with E-state index in [-0.39, 0.29) is 0 Å². The van der Waals surface area contributed by atoms with Crippen molar-refractivity contribution in [2.45, 2.75) is 243 Å². The van der Waals surface area contributed by atoms with Gasteiger partial charge in [-0.1, -0.05) is 0 Å². The molecule has 6 aliphatic rings. The Kier molecular flexibility index (Phi) is 26.2. The lowest BCUT2D eigenvalue weighted by Gasteiger charge is -2.49. The van der Waals surface area contributed by atoms with Crippen molar-refractivity contribution in [2.24, 2.45) is 0 Å². The topological polar surface area (TPSA) is 582 Å². The minimum absolute atomic E-state index is 0.849. The Balaban J connectivity index is 1.22. The number of amides is 3. The molecule has 6 aliphatic heterocycles. The van der Waals surface area contributed by atoms with Gasteiger partial charge in [-0.25, -0.2) is 0 Å². The van der Waals surface area contributed by atoms with Gasteiger partial charge < -0.3 is 170 Å². The zero-order valence-corrected chi connectivity index (χ0v) is 46.5. The molecule has 37 heteroatoms. The first-order valence-electron chi connectivity index (χ1n) is 27.2. The van der Waals surface area contributed by atoms with Crippen molar-refractivity contribution < 1.29 is 168 Å². The van der Waals surface area contributed by atoms with E-state index in [1.165, 1.54) is 13.8 Å². The third-order valence-electron chi connectivity index (χ3n) is 15.3. The number of carbonyl (C=O) groups excluding carboxylic acids is 3. The maximum atomic E-state index is 12.8. The summed E-state index contributed by atoms with van der Waals surface area (Å²) in [6.07, 6.45) is -57.8. The fraction of sp³-hybridized carbons (Fsp3) is 0.938. The summed E-state index contributed by atoms with van der Waals surface area (Å²) in [6, 6.07) is -5.33. The van der Waals surface area contributed by atoms with Crippen LogP contribution in [0.5, 0.6) is 0 Å². The van der Waals surface area contributed by atoms with Crippen molar-refractivity contribution in [1.29, 1.82) is 0 Å². The summed E-state index contributed by atoms with van der Waals surface area (Å²) in [5, 5.41) is 213. The Labute approximate surface area is 483 Å². The molecule has 494 valence electrons. The van der Waals surface area contributed by atoms with Gasteiger partial charge in [0.2, 0.25) is 17.7 Å². The van der Waals surface area contributed by atoms with E-state index in [9.17, 15) is 111 Å². The number of hydrogen-bond donors (Lipinski definition) is 22. The number of ether oxygens (including phenoxy) is 12. The molecule has 6 fully saturated rings. The minimum atomic E-state index is -2.35. The van der Waals surface area contributed by atoms with Crippen molar-refractivity contribution >= 4 is 17.7 Å². The molecule has 0 aromatic rings. The third-order valence-corrected chi connectivity index (χ3v) is 15.3. The van der Waals surface area contributed by atoms with Gasteiger partial charge in [0, 0.05) is 20.8 Å². The summed E-state index contributed by atoms with van der Waals surface area (Å²) in [7, 11) is 0. The lowest BCUT2D eigenvalue weighted by Crippen LogP contribution is -2.69. The van der Waals surface area contributed by atoms with Gasteiger partial charge in [0.1, 0.15) is 152 Å².